The Morgan fingerprint density at radius 3 is 2.48 bits per heavy atom. The number of primary amides is 1. The molecular weight excluding hydrogens is 412 g/mol. The van der Waals surface area contributed by atoms with E-state index < -0.39 is 5.91 Å². The average molecular weight is 441 g/mol. The number of hydrogen-bond donors (Lipinski definition) is 1. The van der Waals surface area contributed by atoms with Gasteiger partial charge in [0.1, 0.15) is 5.75 Å². The minimum Gasteiger partial charge on any atom is -0.496 e. The number of nitrogens with two attached hydrogens (primary N) is 1. The molecule has 0 fully saturated rings. The summed E-state index contributed by atoms with van der Waals surface area (Å²) in [7, 11) is 3.01. The highest BCUT2D eigenvalue weighted by molar-refractivity contribution is 7.09. The SMILES string of the molecule is COC(=O)CCc1c(-c2ccc(OC)c(C)c2)c(C(N)=O)c(C)n1CCc1cccs1. The Balaban J connectivity index is 2.15. The number of methoxy groups -OCH3 is 2. The number of amides is 1. The smallest absolute Gasteiger partial charge is 0.305 e. The van der Waals surface area contributed by atoms with E-state index in [1.807, 2.05) is 38.1 Å². The summed E-state index contributed by atoms with van der Waals surface area (Å²) in [5, 5.41) is 2.05. The Morgan fingerprint density at radius 1 is 1.13 bits per heavy atom. The minimum atomic E-state index is -0.477. The molecule has 2 N–H and O–H groups in total. The van der Waals surface area contributed by atoms with Crippen LogP contribution in [0.5, 0.6) is 5.75 Å². The average Bonchev–Trinajstić information content (AvgIpc) is 3.36. The molecule has 0 aliphatic rings. The minimum absolute atomic E-state index is 0.222. The van der Waals surface area contributed by atoms with Crippen molar-refractivity contribution >= 4 is 23.2 Å². The first-order chi connectivity index (χ1) is 14.9. The van der Waals surface area contributed by atoms with Crippen LogP contribution < -0.4 is 10.5 Å². The van der Waals surface area contributed by atoms with Crippen molar-refractivity contribution < 1.29 is 19.1 Å². The fourth-order valence-corrected chi connectivity index (χ4v) is 4.70. The Bertz CT molecular complexity index is 1080. The van der Waals surface area contributed by atoms with Gasteiger partial charge in [0, 0.05) is 28.4 Å². The van der Waals surface area contributed by atoms with Crippen LogP contribution in [0.4, 0.5) is 0 Å². The number of ether oxygens (including phenoxy) is 2. The van der Waals surface area contributed by atoms with E-state index in [4.69, 9.17) is 15.2 Å². The van der Waals surface area contributed by atoms with Crippen molar-refractivity contribution in [1.82, 2.24) is 4.57 Å². The van der Waals surface area contributed by atoms with Crippen LogP contribution in [0.25, 0.3) is 11.1 Å². The third-order valence-corrected chi connectivity index (χ3v) is 6.45. The van der Waals surface area contributed by atoms with Crippen LogP contribution in [-0.4, -0.2) is 30.7 Å². The largest absolute Gasteiger partial charge is 0.496 e. The lowest BCUT2D eigenvalue weighted by Crippen LogP contribution is -2.14. The number of hydrogen-bond acceptors (Lipinski definition) is 5. The van der Waals surface area contributed by atoms with Crippen LogP contribution in [0, 0.1) is 13.8 Å². The number of rotatable bonds is 9. The van der Waals surface area contributed by atoms with Gasteiger partial charge in [-0.1, -0.05) is 12.1 Å². The van der Waals surface area contributed by atoms with E-state index in [2.05, 4.69) is 16.0 Å². The molecule has 1 aromatic carbocycles. The van der Waals surface area contributed by atoms with E-state index in [0.29, 0.717) is 18.5 Å². The zero-order chi connectivity index (χ0) is 22.5. The van der Waals surface area contributed by atoms with Crippen LogP contribution in [0.2, 0.25) is 0 Å². The molecule has 31 heavy (non-hydrogen) atoms. The van der Waals surface area contributed by atoms with E-state index in [1.165, 1.54) is 12.0 Å². The number of aromatic nitrogens is 1. The molecule has 3 rings (SSSR count). The summed E-state index contributed by atoms with van der Waals surface area (Å²) in [5.41, 5.74) is 10.7. The number of carbonyl (C=O) groups excluding carboxylic acids is 2. The number of aryl methyl sites for hydroxylation is 2. The first kappa shape index (κ1) is 22.6. The van der Waals surface area contributed by atoms with Gasteiger partial charge in [0.05, 0.1) is 26.2 Å². The number of benzene rings is 1. The van der Waals surface area contributed by atoms with Gasteiger partial charge in [0.15, 0.2) is 0 Å². The Labute approximate surface area is 186 Å². The van der Waals surface area contributed by atoms with Crippen LogP contribution in [0.1, 0.15) is 38.6 Å². The summed E-state index contributed by atoms with van der Waals surface area (Å²) in [6.07, 6.45) is 1.50. The topological polar surface area (TPSA) is 83.6 Å². The maximum atomic E-state index is 12.5. The van der Waals surface area contributed by atoms with Crippen molar-refractivity contribution in [3.05, 3.63) is 63.1 Å². The molecule has 0 bridgehead atoms. The predicted molar refractivity (Wildman–Crippen MR) is 123 cm³/mol. The molecule has 2 aromatic heterocycles. The van der Waals surface area contributed by atoms with Gasteiger partial charge >= 0.3 is 5.97 Å². The number of nitrogens with zero attached hydrogens (tertiary/aromatic N) is 1. The van der Waals surface area contributed by atoms with Gasteiger partial charge in [-0.2, -0.15) is 0 Å². The van der Waals surface area contributed by atoms with Crippen molar-refractivity contribution in [3.8, 4) is 16.9 Å². The second-order valence-corrected chi connectivity index (χ2v) is 8.42. The molecule has 0 saturated carbocycles. The molecule has 0 saturated heterocycles. The van der Waals surface area contributed by atoms with E-state index in [9.17, 15) is 9.59 Å². The van der Waals surface area contributed by atoms with Gasteiger partial charge in [-0.05, 0) is 61.4 Å². The number of esters is 1. The van der Waals surface area contributed by atoms with Crippen LogP contribution in [0.15, 0.2) is 35.7 Å². The first-order valence-electron chi connectivity index (χ1n) is 10.1. The Kier molecular flexibility index (Phi) is 7.17. The van der Waals surface area contributed by atoms with Gasteiger partial charge in [-0.3, -0.25) is 9.59 Å². The van der Waals surface area contributed by atoms with Crippen molar-refractivity contribution in [2.75, 3.05) is 14.2 Å². The fraction of sp³-hybridized carbons (Fsp3) is 0.333. The Morgan fingerprint density at radius 2 is 1.90 bits per heavy atom. The van der Waals surface area contributed by atoms with Crippen molar-refractivity contribution in [1.29, 1.82) is 0 Å². The molecule has 0 aliphatic heterocycles. The van der Waals surface area contributed by atoms with Gasteiger partial charge in [0.2, 0.25) is 0 Å². The fourth-order valence-electron chi connectivity index (χ4n) is 4.01. The van der Waals surface area contributed by atoms with E-state index in [-0.39, 0.29) is 12.4 Å². The Hall–Kier alpha value is -3.06. The molecule has 0 atom stereocenters. The lowest BCUT2D eigenvalue weighted by molar-refractivity contribution is -0.140. The van der Waals surface area contributed by atoms with E-state index >= 15 is 0 Å². The van der Waals surface area contributed by atoms with Crippen LogP contribution >= 0.6 is 11.3 Å². The maximum absolute atomic E-state index is 12.5. The summed E-state index contributed by atoms with van der Waals surface area (Å²) >= 11 is 1.70. The molecule has 164 valence electrons. The molecule has 6 nitrogen and oxygen atoms in total. The van der Waals surface area contributed by atoms with Gasteiger partial charge < -0.3 is 19.8 Å². The van der Waals surface area contributed by atoms with Crippen LogP contribution in [0.3, 0.4) is 0 Å². The van der Waals surface area contributed by atoms with Crippen molar-refractivity contribution in [2.45, 2.75) is 39.7 Å². The van der Waals surface area contributed by atoms with Crippen molar-refractivity contribution in [3.63, 3.8) is 0 Å². The highest BCUT2D eigenvalue weighted by Gasteiger charge is 2.25. The van der Waals surface area contributed by atoms with E-state index in [0.717, 1.165) is 40.2 Å². The second kappa shape index (κ2) is 9.83. The summed E-state index contributed by atoms with van der Waals surface area (Å²) < 4.78 is 12.4. The molecule has 2 heterocycles. The lowest BCUT2D eigenvalue weighted by Gasteiger charge is -2.14. The molecule has 0 radical (unpaired) electrons. The lowest BCUT2D eigenvalue weighted by atomic mass is 9.96. The van der Waals surface area contributed by atoms with Gasteiger partial charge in [-0.25, -0.2) is 0 Å². The van der Waals surface area contributed by atoms with Crippen LogP contribution in [-0.2, 0) is 28.9 Å². The third-order valence-electron chi connectivity index (χ3n) is 5.52. The van der Waals surface area contributed by atoms with Gasteiger partial charge in [0.25, 0.3) is 5.91 Å². The molecular formula is C24H28N2O4S. The first-order valence-corrected chi connectivity index (χ1v) is 11.0. The highest BCUT2D eigenvalue weighted by Crippen LogP contribution is 2.36. The molecule has 0 spiro atoms. The third kappa shape index (κ3) is 4.82. The summed E-state index contributed by atoms with van der Waals surface area (Å²) in [6, 6.07) is 9.93. The predicted octanol–water partition coefficient (Wildman–Crippen LogP) is 4.29. The monoisotopic (exact) mass is 440 g/mol. The number of thiophene rings is 1. The number of carbonyl (C=O) groups is 2. The molecule has 3 aromatic rings. The second-order valence-electron chi connectivity index (χ2n) is 7.39. The maximum Gasteiger partial charge on any atom is 0.305 e. The quantitative estimate of drug-likeness (QED) is 0.503. The van der Waals surface area contributed by atoms with E-state index in [1.54, 1.807) is 18.4 Å². The highest BCUT2D eigenvalue weighted by atomic mass is 32.1. The zero-order valence-electron chi connectivity index (χ0n) is 18.4. The normalized spacial score (nSPS) is 10.8. The zero-order valence-corrected chi connectivity index (χ0v) is 19.2. The van der Waals surface area contributed by atoms with Crippen molar-refractivity contribution in [2.24, 2.45) is 5.73 Å². The molecule has 0 unspecified atom stereocenters. The summed E-state index contributed by atoms with van der Waals surface area (Å²) in [4.78, 5) is 25.7. The molecule has 0 aliphatic carbocycles. The molecule has 1 amide bonds. The molecule has 7 heteroatoms. The summed E-state index contributed by atoms with van der Waals surface area (Å²) in [6.45, 7) is 4.56. The standard InChI is InChI=1S/C24H28N2O4S/c1-15-14-17(7-9-20(15)29-3)23-19(8-10-21(27)30-4)26(16(2)22(23)24(25)28)12-11-18-6-5-13-31-18/h5-7,9,13-14H,8,10-12H2,1-4H3,(H2,25,28). The summed E-state index contributed by atoms with van der Waals surface area (Å²) in [5.74, 6) is 0.00523. The van der Waals surface area contributed by atoms with Gasteiger partial charge in [-0.15, -0.1) is 11.3 Å².